The molecule has 0 aromatic carbocycles. The molecule has 4 aromatic heterocycles. The first-order chi connectivity index (χ1) is 11.3. The van der Waals surface area contributed by atoms with Gasteiger partial charge in [-0.1, -0.05) is 0 Å². The number of unbranched alkanes of at least 4 members (excludes halogenated alkanes) is 1. The maximum atomic E-state index is 8.64. The van der Waals surface area contributed by atoms with E-state index >= 15 is 0 Å². The van der Waals surface area contributed by atoms with Crippen molar-refractivity contribution in [2.75, 3.05) is 0 Å². The van der Waals surface area contributed by atoms with Crippen LogP contribution in [0.1, 0.15) is 18.5 Å². The summed E-state index contributed by atoms with van der Waals surface area (Å²) in [7, 11) is 0. The number of aromatic amines is 1. The minimum Gasteiger partial charge on any atom is -0.346 e. The molecule has 0 radical (unpaired) electrons. The van der Waals surface area contributed by atoms with Gasteiger partial charge in [0.2, 0.25) is 0 Å². The molecule has 4 heterocycles. The molecule has 0 bridgehead atoms. The summed E-state index contributed by atoms with van der Waals surface area (Å²) in [5.74, 6) is 0. The summed E-state index contributed by atoms with van der Waals surface area (Å²) >= 11 is 0. The Balaban J connectivity index is 1.84. The van der Waals surface area contributed by atoms with E-state index in [0.29, 0.717) is 6.42 Å². The van der Waals surface area contributed by atoms with Crippen molar-refractivity contribution in [1.82, 2.24) is 24.3 Å². The lowest BCUT2D eigenvalue weighted by Gasteiger charge is -2.06. The smallest absolute Gasteiger partial charge is 0.139 e. The van der Waals surface area contributed by atoms with E-state index in [1.807, 2.05) is 29.5 Å². The second kappa shape index (κ2) is 5.29. The molecule has 0 aliphatic heterocycles. The quantitative estimate of drug-likeness (QED) is 0.588. The van der Waals surface area contributed by atoms with E-state index in [-0.39, 0.29) is 0 Å². The van der Waals surface area contributed by atoms with Crippen molar-refractivity contribution in [3.8, 4) is 11.8 Å². The number of rotatable bonds is 4. The number of aromatic nitrogens is 5. The summed E-state index contributed by atoms with van der Waals surface area (Å²) in [4.78, 5) is 7.62. The largest absolute Gasteiger partial charge is 0.346 e. The number of hydrogen-bond acceptors (Lipinski definition) is 3. The van der Waals surface area contributed by atoms with E-state index in [4.69, 9.17) is 5.26 Å². The number of aryl methyl sites for hydroxylation is 2. The third-order valence-electron chi connectivity index (χ3n) is 4.08. The summed E-state index contributed by atoms with van der Waals surface area (Å²) in [6.45, 7) is 2.85. The van der Waals surface area contributed by atoms with Crippen LogP contribution in [-0.2, 0) is 6.54 Å². The Hall–Kier alpha value is -3.07. The van der Waals surface area contributed by atoms with E-state index in [1.165, 1.54) is 0 Å². The monoisotopic (exact) mass is 304 g/mol. The Kier molecular flexibility index (Phi) is 3.12. The molecule has 6 heteroatoms. The molecule has 4 rings (SSSR count). The van der Waals surface area contributed by atoms with Crippen LogP contribution in [0.15, 0.2) is 36.9 Å². The number of fused-ring (bicyclic) bond motifs is 3. The number of nitrogens with one attached hydrogen (secondary N) is 1. The summed E-state index contributed by atoms with van der Waals surface area (Å²) < 4.78 is 4.11. The van der Waals surface area contributed by atoms with E-state index in [9.17, 15) is 0 Å². The van der Waals surface area contributed by atoms with Crippen LogP contribution in [0, 0.1) is 18.3 Å². The Labute approximate surface area is 133 Å². The van der Waals surface area contributed by atoms with Gasteiger partial charge in [0.05, 0.1) is 23.5 Å². The van der Waals surface area contributed by atoms with Crippen molar-refractivity contribution in [1.29, 1.82) is 5.26 Å². The second-order valence-corrected chi connectivity index (χ2v) is 5.65. The average molecular weight is 304 g/mol. The van der Waals surface area contributed by atoms with Gasteiger partial charge in [0, 0.05) is 48.0 Å². The molecular formula is C17H16N6. The molecule has 0 aliphatic carbocycles. The normalized spacial score (nSPS) is 11.3. The molecule has 0 amide bonds. The highest BCUT2D eigenvalue weighted by molar-refractivity contribution is 6.04. The Bertz CT molecular complexity index is 1030. The van der Waals surface area contributed by atoms with Gasteiger partial charge < -0.3 is 9.55 Å². The van der Waals surface area contributed by atoms with Crippen molar-refractivity contribution in [3.05, 3.63) is 42.6 Å². The molecule has 114 valence electrons. The van der Waals surface area contributed by atoms with Gasteiger partial charge in [-0.2, -0.15) is 10.4 Å². The molecule has 0 fully saturated rings. The van der Waals surface area contributed by atoms with Gasteiger partial charge in [-0.05, 0) is 25.5 Å². The molecule has 0 saturated heterocycles. The average Bonchev–Trinajstić information content (AvgIpc) is 3.23. The van der Waals surface area contributed by atoms with Gasteiger partial charge in [-0.25, -0.2) is 4.98 Å². The first-order valence-electron chi connectivity index (χ1n) is 7.62. The lowest BCUT2D eigenvalue weighted by atomic mass is 10.2. The lowest BCUT2D eigenvalue weighted by Crippen LogP contribution is -1.98. The third kappa shape index (κ3) is 2.18. The zero-order chi connectivity index (χ0) is 15.8. The first kappa shape index (κ1) is 13.6. The van der Waals surface area contributed by atoms with Crippen LogP contribution in [0.2, 0.25) is 0 Å². The van der Waals surface area contributed by atoms with Crippen molar-refractivity contribution >= 4 is 21.9 Å². The van der Waals surface area contributed by atoms with Gasteiger partial charge in [0.1, 0.15) is 5.65 Å². The lowest BCUT2D eigenvalue weighted by molar-refractivity contribution is 0.585. The van der Waals surface area contributed by atoms with Gasteiger partial charge in [-0.3, -0.25) is 4.68 Å². The van der Waals surface area contributed by atoms with Gasteiger partial charge >= 0.3 is 0 Å². The summed E-state index contributed by atoms with van der Waals surface area (Å²) in [5, 5.41) is 15.3. The van der Waals surface area contributed by atoms with Crippen molar-refractivity contribution < 1.29 is 0 Å². The SMILES string of the molecule is Cc1cc2cnc3[nH]ccc3c2n1-c1cnn(CCCC#N)c1. The van der Waals surface area contributed by atoms with E-state index in [2.05, 4.69) is 44.8 Å². The number of H-pyrrole nitrogens is 1. The molecule has 0 spiro atoms. The highest BCUT2D eigenvalue weighted by atomic mass is 15.3. The molecule has 0 unspecified atom stereocenters. The standard InChI is InChI=1S/C17H16N6/c1-12-8-13-9-20-17-15(4-6-19-17)16(13)23(12)14-10-21-22(11-14)7-3-2-5-18/h4,6,8-11H,2-3,7H2,1H3,(H,19,20). The van der Waals surface area contributed by atoms with Gasteiger partial charge in [0.25, 0.3) is 0 Å². The van der Waals surface area contributed by atoms with Crippen LogP contribution >= 0.6 is 0 Å². The fourth-order valence-electron chi connectivity index (χ4n) is 3.07. The van der Waals surface area contributed by atoms with Crippen molar-refractivity contribution in [2.24, 2.45) is 0 Å². The molecular weight excluding hydrogens is 288 g/mol. The molecule has 0 saturated carbocycles. The van der Waals surface area contributed by atoms with Crippen LogP contribution in [0.25, 0.3) is 27.6 Å². The number of hydrogen-bond donors (Lipinski definition) is 1. The second-order valence-electron chi connectivity index (χ2n) is 5.65. The van der Waals surface area contributed by atoms with E-state index in [1.54, 1.807) is 0 Å². The van der Waals surface area contributed by atoms with Crippen LogP contribution < -0.4 is 0 Å². The Morgan fingerprint density at radius 1 is 1.35 bits per heavy atom. The Morgan fingerprint density at radius 2 is 2.26 bits per heavy atom. The summed E-state index contributed by atoms with van der Waals surface area (Å²) in [6, 6.07) is 6.36. The number of pyridine rings is 1. The molecule has 6 nitrogen and oxygen atoms in total. The van der Waals surface area contributed by atoms with Gasteiger partial charge in [-0.15, -0.1) is 0 Å². The predicted octanol–water partition coefficient (Wildman–Crippen LogP) is 3.32. The maximum Gasteiger partial charge on any atom is 0.139 e. The van der Waals surface area contributed by atoms with Crippen LogP contribution in [0.4, 0.5) is 0 Å². The first-order valence-corrected chi connectivity index (χ1v) is 7.62. The summed E-state index contributed by atoms with van der Waals surface area (Å²) in [5.41, 5.74) is 4.21. The molecule has 1 N–H and O–H groups in total. The zero-order valence-corrected chi connectivity index (χ0v) is 12.8. The number of nitriles is 1. The third-order valence-corrected chi connectivity index (χ3v) is 4.08. The molecule has 23 heavy (non-hydrogen) atoms. The van der Waals surface area contributed by atoms with Crippen LogP contribution in [-0.4, -0.2) is 24.3 Å². The van der Waals surface area contributed by atoms with E-state index in [0.717, 1.165) is 46.3 Å². The molecule has 4 aromatic rings. The fraction of sp³-hybridized carbons (Fsp3) is 0.235. The molecule has 0 aliphatic rings. The zero-order valence-electron chi connectivity index (χ0n) is 12.8. The minimum atomic E-state index is 0.552. The highest BCUT2D eigenvalue weighted by Crippen LogP contribution is 2.29. The van der Waals surface area contributed by atoms with Crippen LogP contribution in [0.5, 0.6) is 0 Å². The summed E-state index contributed by atoms with van der Waals surface area (Å²) in [6.07, 6.45) is 9.08. The van der Waals surface area contributed by atoms with Gasteiger partial charge in [0.15, 0.2) is 0 Å². The minimum absolute atomic E-state index is 0.552. The van der Waals surface area contributed by atoms with Crippen molar-refractivity contribution in [2.45, 2.75) is 26.3 Å². The molecule has 0 atom stereocenters. The van der Waals surface area contributed by atoms with E-state index < -0.39 is 0 Å². The number of nitrogens with zero attached hydrogens (tertiary/aromatic N) is 5. The Morgan fingerprint density at radius 3 is 3.13 bits per heavy atom. The maximum absolute atomic E-state index is 8.64. The van der Waals surface area contributed by atoms with Crippen LogP contribution in [0.3, 0.4) is 0 Å². The predicted molar refractivity (Wildman–Crippen MR) is 88.3 cm³/mol. The topological polar surface area (TPSA) is 75.2 Å². The highest BCUT2D eigenvalue weighted by Gasteiger charge is 2.13. The van der Waals surface area contributed by atoms with Crippen molar-refractivity contribution in [3.63, 3.8) is 0 Å². The fourth-order valence-corrected chi connectivity index (χ4v) is 3.07.